The lowest BCUT2D eigenvalue weighted by Crippen LogP contribution is -2.12. The van der Waals surface area contributed by atoms with Crippen LogP contribution in [0.3, 0.4) is 0 Å². The summed E-state index contributed by atoms with van der Waals surface area (Å²) >= 11 is 1.96. The topological polar surface area (TPSA) is 37.3 Å². The predicted molar refractivity (Wildman–Crippen MR) is 74.3 cm³/mol. The Balaban J connectivity index is 2.75. The van der Waals surface area contributed by atoms with Crippen molar-refractivity contribution < 1.29 is 9.90 Å². The molecule has 0 heterocycles. The van der Waals surface area contributed by atoms with Gasteiger partial charge in [0, 0.05) is 5.57 Å². The average Bonchev–Trinajstić information content (AvgIpc) is 2.28. The number of carbonyl (C=O) groups is 1. The SMILES string of the molecule is CC(=O)/C(=C\I)[C@@H](O)/C=C/c1ccccc1. The Morgan fingerprint density at radius 1 is 1.38 bits per heavy atom. The van der Waals surface area contributed by atoms with Crippen LogP contribution in [0.1, 0.15) is 12.5 Å². The Hall–Kier alpha value is -0.940. The lowest BCUT2D eigenvalue weighted by molar-refractivity contribution is -0.114. The molecule has 0 bridgehead atoms. The maximum Gasteiger partial charge on any atom is 0.159 e. The fraction of sp³-hybridized carbons (Fsp3) is 0.154. The van der Waals surface area contributed by atoms with Gasteiger partial charge in [-0.3, -0.25) is 4.79 Å². The van der Waals surface area contributed by atoms with Crippen LogP contribution in [0.15, 0.2) is 46.1 Å². The van der Waals surface area contributed by atoms with E-state index in [0.717, 1.165) is 5.56 Å². The van der Waals surface area contributed by atoms with Crippen molar-refractivity contribution in [3.8, 4) is 0 Å². The number of aliphatic hydroxyl groups is 1. The average molecular weight is 328 g/mol. The summed E-state index contributed by atoms with van der Waals surface area (Å²) in [5.74, 6) is -0.111. The number of benzene rings is 1. The molecule has 1 aromatic carbocycles. The summed E-state index contributed by atoms with van der Waals surface area (Å²) in [6, 6.07) is 9.65. The fourth-order valence-corrected chi connectivity index (χ4v) is 2.03. The highest BCUT2D eigenvalue weighted by Gasteiger charge is 2.10. The minimum absolute atomic E-state index is 0.111. The first kappa shape index (κ1) is 13.1. The first-order chi connectivity index (χ1) is 7.65. The summed E-state index contributed by atoms with van der Waals surface area (Å²) in [5, 5.41) is 9.76. The van der Waals surface area contributed by atoms with Crippen LogP contribution in [-0.2, 0) is 4.79 Å². The van der Waals surface area contributed by atoms with Gasteiger partial charge in [-0.1, -0.05) is 65.1 Å². The molecule has 0 aliphatic heterocycles. The summed E-state index contributed by atoms with van der Waals surface area (Å²) in [6.45, 7) is 1.45. The second-order valence-electron chi connectivity index (χ2n) is 3.34. The van der Waals surface area contributed by atoms with Crippen LogP contribution in [0, 0.1) is 0 Å². The largest absolute Gasteiger partial charge is 0.384 e. The van der Waals surface area contributed by atoms with Gasteiger partial charge in [0.15, 0.2) is 5.78 Å². The minimum Gasteiger partial charge on any atom is -0.384 e. The van der Waals surface area contributed by atoms with Crippen molar-refractivity contribution in [1.82, 2.24) is 0 Å². The van der Waals surface area contributed by atoms with Crippen LogP contribution in [-0.4, -0.2) is 17.0 Å². The van der Waals surface area contributed by atoms with E-state index >= 15 is 0 Å². The molecule has 0 amide bonds. The Kier molecular flexibility index (Phi) is 5.42. The van der Waals surface area contributed by atoms with Crippen molar-refractivity contribution in [3.05, 3.63) is 51.6 Å². The number of halogens is 1. The molecule has 3 heteroatoms. The van der Waals surface area contributed by atoms with Crippen LogP contribution in [0.4, 0.5) is 0 Å². The van der Waals surface area contributed by atoms with Gasteiger partial charge in [-0.25, -0.2) is 0 Å². The van der Waals surface area contributed by atoms with Crippen molar-refractivity contribution in [1.29, 1.82) is 0 Å². The molecule has 1 aromatic rings. The van der Waals surface area contributed by atoms with Gasteiger partial charge in [0.1, 0.15) is 6.10 Å². The van der Waals surface area contributed by atoms with Gasteiger partial charge in [0.2, 0.25) is 0 Å². The zero-order valence-corrected chi connectivity index (χ0v) is 11.1. The number of aliphatic hydroxyl groups excluding tert-OH is 1. The van der Waals surface area contributed by atoms with Crippen molar-refractivity contribution in [2.75, 3.05) is 0 Å². The van der Waals surface area contributed by atoms with Gasteiger partial charge < -0.3 is 5.11 Å². The summed E-state index contributed by atoms with van der Waals surface area (Å²) in [5.41, 5.74) is 1.41. The zero-order valence-electron chi connectivity index (χ0n) is 8.93. The highest BCUT2D eigenvalue weighted by molar-refractivity contribution is 14.1. The minimum atomic E-state index is -0.838. The van der Waals surface area contributed by atoms with Gasteiger partial charge in [0.25, 0.3) is 0 Å². The van der Waals surface area contributed by atoms with Crippen LogP contribution >= 0.6 is 22.6 Å². The molecule has 0 aliphatic rings. The molecule has 16 heavy (non-hydrogen) atoms. The molecule has 0 aliphatic carbocycles. The molecule has 1 N–H and O–H groups in total. The third-order valence-corrected chi connectivity index (χ3v) is 2.78. The number of rotatable bonds is 4. The highest BCUT2D eigenvalue weighted by atomic mass is 127. The van der Waals surface area contributed by atoms with E-state index < -0.39 is 6.10 Å². The molecular weight excluding hydrogens is 315 g/mol. The van der Waals surface area contributed by atoms with Gasteiger partial charge >= 0.3 is 0 Å². The molecule has 0 radical (unpaired) electrons. The highest BCUT2D eigenvalue weighted by Crippen LogP contribution is 2.10. The normalized spacial score (nSPS) is 14.1. The van der Waals surface area contributed by atoms with Gasteiger partial charge in [0.05, 0.1) is 0 Å². The number of hydrogen-bond donors (Lipinski definition) is 1. The standard InChI is InChI=1S/C13H13IO2/c1-10(15)12(9-14)13(16)8-7-11-5-3-2-4-6-11/h2-9,13,16H,1H3/b8-7+,12-9+/t13-/m0/s1. The number of Topliss-reactive ketones (excluding diaryl/α,β-unsaturated/α-hetero) is 1. The second-order valence-corrected chi connectivity index (χ2v) is 3.96. The Labute approximate surface area is 109 Å². The lowest BCUT2D eigenvalue weighted by Gasteiger charge is -2.06. The number of ketones is 1. The molecule has 0 unspecified atom stereocenters. The van der Waals surface area contributed by atoms with E-state index in [0.29, 0.717) is 5.57 Å². The number of carbonyl (C=O) groups excluding carboxylic acids is 1. The first-order valence-corrected chi connectivity index (χ1v) is 6.12. The zero-order chi connectivity index (χ0) is 12.0. The fourth-order valence-electron chi connectivity index (χ4n) is 1.22. The summed E-state index contributed by atoms with van der Waals surface area (Å²) < 4.78 is 1.61. The summed E-state index contributed by atoms with van der Waals surface area (Å²) in [6.07, 6.45) is 2.57. The van der Waals surface area contributed by atoms with Crippen LogP contribution in [0.5, 0.6) is 0 Å². The van der Waals surface area contributed by atoms with Crippen molar-refractivity contribution in [2.45, 2.75) is 13.0 Å². The molecule has 0 saturated heterocycles. The Bertz CT molecular complexity index is 407. The molecular formula is C13H13IO2. The van der Waals surface area contributed by atoms with Gasteiger partial charge in [-0.2, -0.15) is 0 Å². The van der Waals surface area contributed by atoms with Crippen molar-refractivity contribution in [3.63, 3.8) is 0 Å². The molecule has 1 atom stereocenters. The third kappa shape index (κ3) is 3.90. The molecule has 0 fully saturated rings. The van der Waals surface area contributed by atoms with E-state index in [2.05, 4.69) is 0 Å². The van der Waals surface area contributed by atoms with Crippen LogP contribution < -0.4 is 0 Å². The van der Waals surface area contributed by atoms with E-state index in [9.17, 15) is 9.90 Å². The third-order valence-electron chi connectivity index (χ3n) is 2.11. The van der Waals surface area contributed by atoms with Crippen molar-refractivity contribution >= 4 is 34.5 Å². The Morgan fingerprint density at radius 3 is 2.50 bits per heavy atom. The Morgan fingerprint density at radius 2 is 2.00 bits per heavy atom. The molecule has 0 saturated carbocycles. The first-order valence-electron chi connectivity index (χ1n) is 4.87. The maximum atomic E-state index is 11.2. The molecule has 84 valence electrons. The van der Waals surface area contributed by atoms with E-state index in [1.807, 2.05) is 52.9 Å². The molecule has 1 rings (SSSR count). The number of hydrogen-bond acceptors (Lipinski definition) is 2. The summed E-state index contributed by atoms with van der Waals surface area (Å²) in [7, 11) is 0. The van der Waals surface area contributed by atoms with Crippen LogP contribution in [0.25, 0.3) is 6.08 Å². The van der Waals surface area contributed by atoms with E-state index in [4.69, 9.17) is 0 Å². The molecule has 2 nitrogen and oxygen atoms in total. The van der Waals surface area contributed by atoms with Gasteiger partial charge in [-0.05, 0) is 16.6 Å². The monoisotopic (exact) mass is 328 g/mol. The van der Waals surface area contributed by atoms with Crippen LogP contribution in [0.2, 0.25) is 0 Å². The lowest BCUT2D eigenvalue weighted by atomic mass is 10.1. The second kappa shape index (κ2) is 6.60. The quantitative estimate of drug-likeness (QED) is 0.682. The van der Waals surface area contributed by atoms with E-state index in [1.165, 1.54) is 6.92 Å². The van der Waals surface area contributed by atoms with E-state index in [1.54, 1.807) is 16.2 Å². The smallest absolute Gasteiger partial charge is 0.159 e. The maximum absolute atomic E-state index is 11.2. The predicted octanol–water partition coefficient (Wildman–Crippen LogP) is 2.97. The van der Waals surface area contributed by atoms with Crippen molar-refractivity contribution in [2.24, 2.45) is 0 Å². The molecule has 0 spiro atoms. The molecule has 0 aromatic heterocycles. The van der Waals surface area contributed by atoms with E-state index in [-0.39, 0.29) is 5.78 Å². The van der Waals surface area contributed by atoms with Gasteiger partial charge in [-0.15, -0.1) is 0 Å². The summed E-state index contributed by atoms with van der Waals surface area (Å²) in [4.78, 5) is 11.2.